The number of nitriles is 2. The second kappa shape index (κ2) is 30.5. The summed E-state index contributed by atoms with van der Waals surface area (Å²) in [5.41, 5.74) is -3.32. The zero-order valence-electron chi connectivity index (χ0n) is 58.8. The van der Waals surface area contributed by atoms with E-state index < -0.39 is 124 Å². The van der Waals surface area contributed by atoms with Gasteiger partial charge in [0.15, 0.2) is 0 Å². The molecule has 4 aliphatic carbocycles. The van der Waals surface area contributed by atoms with Crippen LogP contribution in [0.4, 0.5) is 0 Å². The van der Waals surface area contributed by atoms with Crippen LogP contribution in [0.5, 0.6) is 0 Å². The van der Waals surface area contributed by atoms with Crippen LogP contribution in [0.1, 0.15) is 158 Å². The van der Waals surface area contributed by atoms with Gasteiger partial charge in [0.2, 0.25) is 0 Å². The summed E-state index contributed by atoms with van der Waals surface area (Å²) in [7, 11) is 5.79. The highest BCUT2D eigenvalue weighted by atomic mass is 16.6. The normalized spacial score (nSPS) is 22.7. The predicted octanol–water partition coefficient (Wildman–Crippen LogP) is 7.80. The molecule has 0 bridgehead atoms. The van der Waals surface area contributed by atoms with Gasteiger partial charge in [0.05, 0.1) is 35.4 Å². The number of hydrogen-bond acceptors (Lipinski definition) is 18. The highest BCUT2D eigenvalue weighted by Crippen LogP contribution is 2.50. The summed E-state index contributed by atoms with van der Waals surface area (Å²) in [5, 5.41) is 33.1. The Labute approximate surface area is 570 Å². The van der Waals surface area contributed by atoms with Crippen LogP contribution >= 0.6 is 0 Å². The van der Waals surface area contributed by atoms with Crippen molar-refractivity contribution < 1.29 is 57.3 Å². The zero-order chi connectivity index (χ0) is 71.0. The fourth-order valence-corrected chi connectivity index (χ4v) is 15.2. The minimum absolute atomic E-state index is 0.0745. The largest absolute Gasteiger partial charge is 0.470 e. The van der Waals surface area contributed by atoms with E-state index in [2.05, 4.69) is 50.6 Å². The summed E-state index contributed by atoms with van der Waals surface area (Å²) >= 11 is 0. The van der Waals surface area contributed by atoms with Gasteiger partial charge in [-0.25, -0.2) is 19.3 Å². The van der Waals surface area contributed by atoms with Gasteiger partial charge < -0.3 is 59.8 Å². The lowest BCUT2D eigenvalue weighted by Gasteiger charge is -2.39. The van der Waals surface area contributed by atoms with Crippen LogP contribution in [-0.2, 0) is 57.3 Å². The van der Waals surface area contributed by atoms with Gasteiger partial charge in [-0.15, -0.1) is 0 Å². The van der Waals surface area contributed by atoms with E-state index in [0.29, 0.717) is 101 Å². The van der Waals surface area contributed by atoms with Crippen LogP contribution in [0, 0.1) is 62.9 Å². The van der Waals surface area contributed by atoms with E-state index in [1.165, 1.54) is 28.2 Å². The number of likely N-dealkylation sites (N-methyl/N-ethyl adjacent to an activating group) is 4. The number of amides is 4. The maximum absolute atomic E-state index is 15.2. The summed E-state index contributed by atoms with van der Waals surface area (Å²) in [4.78, 5) is 133. The topological polar surface area (TPSA) is 291 Å². The highest BCUT2D eigenvalue weighted by Gasteiger charge is 2.47. The standard InChI is InChI=1S/C73H96N12O12/c1-69(2)31-45(55(61(86)78-11)51(35-69)82-23-15-16-24-82)49(39-74)65(90)94-41-73(42-95-66(91)50(40-75)46-32-70(3,4)36-52(56(46)62(87)79-12)83-25-17-18-26-83,43-96-67(92)59(76-9)47-33-71(5,6)37-53(57(47)63(88)80-13)84-27-19-20-28-84)44-97-68(93)60(77-10)48-34-72(7,8)38-54(58(48)64(89)81-14)85-29-21-22-30-85/h15-38,41-44H2,1-8,11-14H3,(H,78,86)(H,79,87)(H,80,88)(H,81,89)/b49-45+,50-46+,59-47-,60-48+. The molecule has 8 rings (SSSR count). The van der Waals surface area contributed by atoms with Crippen molar-refractivity contribution in [2.75, 3.05) is 107 Å². The van der Waals surface area contributed by atoms with Gasteiger partial charge >= 0.3 is 23.9 Å². The average Bonchev–Trinajstić information content (AvgIpc) is 1.61. The van der Waals surface area contributed by atoms with E-state index in [1.54, 1.807) is 0 Å². The molecule has 0 aromatic heterocycles. The Bertz CT molecular complexity index is 3210. The molecule has 8 aliphatic rings. The van der Waals surface area contributed by atoms with E-state index in [1.807, 2.05) is 67.5 Å². The van der Waals surface area contributed by atoms with Gasteiger partial charge in [0.1, 0.15) is 55.1 Å². The number of esters is 4. The Morgan fingerprint density at radius 2 is 0.608 bits per heavy atom. The molecule has 0 atom stereocenters. The van der Waals surface area contributed by atoms with E-state index in [-0.39, 0.29) is 70.3 Å². The molecule has 4 aliphatic heterocycles. The predicted molar refractivity (Wildman–Crippen MR) is 358 cm³/mol. The second-order valence-corrected chi connectivity index (χ2v) is 30.1. The van der Waals surface area contributed by atoms with Crippen molar-refractivity contribution in [3.63, 3.8) is 0 Å². The van der Waals surface area contributed by atoms with Gasteiger partial charge in [-0.2, -0.15) is 10.5 Å². The van der Waals surface area contributed by atoms with Crippen molar-refractivity contribution in [1.82, 2.24) is 40.9 Å². The lowest BCUT2D eigenvalue weighted by atomic mass is 9.72. The Hall–Kier alpha value is -9.16. The lowest BCUT2D eigenvalue weighted by molar-refractivity contribution is -0.165. The quantitative estimate of drug-likeness (QED) is 0.0297. The molecule has 0 radical (unpaired) electrons. The molecule has 24 heteroatoms. The van der Waals surface area contributed by atoms with E-state index in [9.17, 15) is 29.7 Å². The molecule has 520 valence electrons. The van der Waals surface area contributed by atoms with Crippen LogP contribution in [0.15, 0.2) is 89.9 Å². The van der Waals surface area contributed by atoms with Crippen LogP contribution in [-0.4, -0.2) is 174 Å². The smallest absolute Gasteiger partial charge is 0.349 e. The molecule has 24 nitrogen and oxygen atoms in total. The minimum Gasteiger partial charge on any atom is -0.470 e. The number of nitrogens with one attached hydrogen (secondary N) is 4. The molecule has 0 unspecified atom stereocenters. The molecule has 4 fully saturated rings. The third kappa shape index (κ3) is 16.5. The molecule has 4 amide bonds. The second-order valence-electron chi connectivity index (χ2n) is 30.1. The van der Waals surface area contributed by atoms with Crippen molar-refractivity contribution in [1.29, 1.82) is 10.5 Å². The number of nitrogens with zero attached hydrogens (tertiary/aromatic N) is 8. The third-order valence-corrected chi connectivity index (χ3v) is 19.8. The first-order valence-electron chi connectivity index (χ1n) is 33.9. The lowest BCUT2D eigenvalue weighted by Crippen LogP contribution is -2.44. The molecule has 0 aromatic rings. The average molecular weight is 1330 g/mol. The molecule has 0 spiro atoms. The molecular formula is C73H96N12O12. The fraction of sp³-hybridized carbons (Fsp3) is 0.616. The highest BCUT2D eigenvalue weighted by molar-refractivity contribution is 6.06. The van der Waals surface area contributed by atoms with Gasteiger partial charge in [-0.3, -0.25) is 28.8 Å². The first-order valence-corrected chi connectivity index (χ1v) is 33.9. The number of likely N-dealkylation sites (tertiary alicyclic amines) is 4. The minimum atomic E-state index is -2.29. The van der Waals surface area contributed by atoms with Crippen LogP contribution in [0.25, 0.3) is 9.69 Å². The number of hydrogen-bond donors (Lipinski definition) is 4. The van der Waals surface area contributed by atoms with Crippen LogP contribution in [0.3, 0.4) is 0 Å². The Balaban J connectivity index is 1.33. The van der Waals surface area contributed by atoms with E-state index in [0.717, 1.165) is 51.4 Å². The Morgan fingerprint density at radius 1 is 0.392 bits per heavy atom. The van der Waals surface area contributed by atoms with Gasteiger partial charge in [0.25, 0.3) is 35.0 Å². The van der Waals surface area contributed by atoms with Crippen molar-refractivity contribution in [2.24, 2.45) is 27.1 Å². The maximum atomic E-state index is 15.2. The number of rotatable bonds is 20. The Morgan fingerprint density at radius 3 is 0.825 bits per heavy atom. The number of carbonyl (C=O) groups excluding carboxylic acids is 8. The van der Waals surface area contributed by atoms with Crippen molar-refractivity contribution in [2.45, 2.75) is 158 Å². The maximum Gasteiger partial charge on any atom is 0.349 e. The van der Waals surface area contributed by atoms with E-state index in [4.69, 9.17) is 32.1 Å². The summed E-state index contributed by atoms with van der Waals surface area (Å²) in [6, 6.07) is 4.02. The Kier molecular flexibility index (Phi) is 23.2. The molecule has 0 aromatic carbocycles. The molecule has 4 N–H and O–H groups in total. The van der Waals surface area contributed by atoms with Crippen LogP contribution < -0.4 is 21.3 Å². The monoisotopic (exact) mass is 1330 g/mol. The molecule has 97 heavy (non-hydrogen) atoms. The first kappa shape index (κ1) is 73.6. The zero-order valence-corrected chi connectivity index (χ0v) is 58.8. The SMILES string of the molecule is [C-]#[N+]/C(C(=O)OCC(COC(=O)/C(C#N)=C1\CC(C)(C)CC(N2CCCC2)=C1C(=O)NC)(COC(=O)/C(C#N)=C1\CC(C)(C)CC(N2CCCC2)=C1C(=O)NC)COC(=O)/C([N+]#[C-])=C1/CC(C)(C)CC(N2CCCC2)=C1C(=O)NC)=C1/CC(C)(C)CC(N2CCCC2)=C1C(=O)NC. The van der Waals surface area contributed by atoms with Crippen molar-refractivity contribution in [3.05, 3.63) is 113 Å². The summed E-state index contributed by atoms with van der Waals surface area (Å²) in [5.74, 6) is -7.22. The van der Waals surface area contributed by atoms with Gasteiger partial charge in [-0.05, 0) is 147 Å². The molecular weight excluding hydrogens is 1240 g/mol. The number of carbonyl (C=O) groups is 8. The third-order valence-electron chi connectivity index (χ3n) is 19.8. The molecule has 4 saturated heterocycles. The van der Waals surface area contributed by atoms with Crippen LogP contribution in [0.2, 0.25) is 0 Å². The van der Waals surface area contributed by atoms with Crippen molar-refractivity contribution >= 4 is 47.5 Å². The first-order chi connectivity index (χ1) is 45.9. The summed E-state index contributed by atoms with van der Waals surface area (Å²) < 4.78 is 24.9. The van der Waals surface area contributed by atoms with Gasteiger partial charge in [0, 0.05) is 103 Å². The number of ether oxygens (including phenoxy) is 4. The summed E-state index contributed by atoms with van der Waals surface area (Å²) in [6.07, 6.45) is 8.92. The van der Waals surface area contributed by atoms with Gasteiger partial charge in [-0.1, -0.05) is 55.4 Å². The molecule has 0 saturated carbocycles. The van der Waals surface area contributed by atoms with E-state index >= 15 is 19.2 Å². The number of allylic oxidation sites excluding steroid dienone is 4. The van der Waals surface area contributed by atoms with Crippen molar-refractivity contribution in [3.8, 4) is 12.1 Å². The fourth-order valence-electron chi connectivity index (χ4n) is 15.2. The summed E-state index contributed by atoms with van der Waals surface area (Å²) in [6.45, 7) is 33.9. The molecule has 4 heterocycles.